The van der Waals surface area contributed by atoms with Crippen molar-refractivity contribution in [1.29, 1.82) is 0 Å². The number of rotatable bonds is 8. The monoisotopic (exact) mass is 453 g/mol. The first-order valence-corrected chi connectivity index (χ1v) is 10.8. The SMILES string of the molecule is COc1ccc2c(Cl)c(C(=O)Nc3ccc(OCCOc4ccccc4)cc3)sc2c1. The molecule has 0 aliphatic carbocycles. The molecule has 1 N–H and O–H groups in total. The van der Waals surface area contributed by atoms with E-state index in [4.69, 9.17) is 25.8 Å². The summed E-state index contributed by atoms with van der Waals surface area (Å²) < 4.78 is 17.4. The predicted molar refractivity (Wildman–Crippen MR) is 125 cm³/mol. The number of halogens is 1. The van der Waals surface area contributed by atoms with E-state index in [0.29, 0.717) is 34.6 Å². The second-order valence-corrected chi connectivity index (χ2v) is 8.03. The van der Waals surface area contributed by atoms with Gasteiger partial charge in [-0.1, -0.05) is 29.8 Å². The third-order valence-corrected chi connectivity index (χ3v) is 6.17. The topological polar surface area (TPSA) is 56.8 Å². The summed E-state index contributed by atoms with van der Waals surface area (Å²) in [5, 5.41) is 4.16. The van der Waals surface area contributed by atoms with E-state index in [2.05, 4.69) is 5.32 Å². The van der Waals surface area contributed by atoms with Crippen molar-refractivity contribution in [1.82, 2.24) is 0 Å². The number of carbonyl (C=O) groups excluding carboxylic acids is 1. The average molecular weight is 454 g/mol. The zero-order valence-corrected chi connectivity index (χ0v) is 18.3. The number of amides is 1. The van der Waals surface area contributed by atoms with Gasteiger partial charge in [0.15, 0.2) is 0 Å². The highest BCUT2D eigenvalue weighted by atomic mass is 35.5. The van der Waals surface area contributed by atoms with Gasteiger partial charge in [0.1, 0.15) is 35.3 Å². The molecule has 1 aromatic heterocycles. The minimum atomic E-state index is -0.255. The summed E-state index contributed by atoms with van der Waals surface area (Å²) in [5.74, 6) is 1.97. The molecule has 0 atom stereocenters. The molecule has 4 rings (SSSR count). The fraction of sp³-hybridized carbons (Fsp3) is 0.125. The molecular weight excluding hydrogens is 434 g/mol. The molecule has 7 heteroatoms. The van der Waals surface area contributed by atoms with Gasteiger partial charge in [0, 0.05) is 15.8 Å². The molecule has 0 fully saturated rings. The van der Waals surface area contributed by atoms with Gasteiger partial charge in [-0.05, 0) is 54.6 Å². The maximum atomic E-state index is 12.7. The van der Waals surface area contributed by atoms with E-state index >= 15 is 0 Å². The van der Waals surface area contributed by atoms with Crippen molar-refractivity contribution in [3.63, 3.8) is 0 Å². The number of hydrogen-bond acceptors (Lipinski definition) is 5. The van der Waals surface area contributed by atoms with Crippen LogP contribution in [0.3, 0.4) is 0 Å². The summed E-state index contributed by atoms with van der Waals surface area (Å²) >= 11 is 7.76. The second-order valence-electron chi connectivity index (χ2n) is 6.60. The molecule has 1 amide bonds. The van der Waals surface area contributed by atoms with Gasteiger partial charge in [-0.25, -0.2) is 0 Å². The average Bonchev–Trinajstić information content (AvgIpc) is 3.14. The maximum Gasteiger partial charge on any atom is 0.267 e. The van der Waals surface area contributed by atoms with Crippen LogP contribution in [-0.2, 0) is 0 Å². The molecule has 0 aliphatic heterocycles. The van der Waals surface area contributed by atoms with Gasteiger partial charge < -0.3 is 19.5 Å². The van der Waals surface area contributed by atoms with Gasteiger partial charge in [-0.3, -0.25) is 4.79 Å². The van der Waals surface area contributed by atoms with E-state index in [1.165, 1.54) is 11.3 Å². The molecule has 31 heavy (non-hydrogen) atoms. The van der Waals surface area contributed by atoms with Crippen molar-refractivity contribution in [2.45, 2.75) is 0 Å². The quantitative estimate of drug-likeness (QED) is 0.319. The third-order valence-electron chi connectivity index (χ3n) is 4.52. The van der Waals surface area contributed by atoms with Crippen molar-refractivity contribution in [2.24, 2.45) is 0 Å². The van der Waals surface area contributed by atoms with Crippen LogP contribution in [-0.4, -0.2) is 26.2 Å². The highest BCUT2D eigenvalue weighted by molar-refractivity contribution is 7.21. The second kappa shape index (κ2) is 9.73. The van der Waals surface area contributed by atoms with E-state index in [1.54, 1.807) is 31.4 Å². The van der Waals surface area contributed by atoms with Gasteiger partial charge in [-0.2, -0.15) is 0 Å². The Bertz CT molecular complexity index is 1180. The number of thiophene rings is 1. The number of nitrogens with one attached hydrogen (secondary N) is 1. The molecule has 158 valence electrons. The lowest BCUT2D eigenvalue weighted by Crippen LogP contribution is -2.11. The third kappa shape index (κ3) is 5.10. The highest BCUT2D eigenvalue weighted by Crippen LogP contribution is 2.37. The van der Waals surface area contributed by atoms with Crippen LogP contribution in [0.2, 0.25) is 5.02 Å². The van der Waals surface area contributed by atoms with Gasteiger partial charge in [0.2, 0.25) is 0 Å². The molecule has 3 aromatic carbocycles. The lowest BCUT2D eigenvalue weighted by molar-refractivity contribution is 0.103. The first kappa shape index (κ1) is 21.0. The molecule has 0 spiro atoms. The zero-order valence-electron chi connectivity index (χ0n) is 16.8. The number of benzene rings is 3. The van der Waals surface area contributed by atoms with Crippen molar-refractivity contribution in [2.75, 3.05) is 25.6 Å². The normalized spacial score (nSPS) is 10.6. The minimum Gasteiger partial charge on any atom is -0.497 e. The predicted octanol–water partition coefficient (Wildman–Crippen LogP) is 6.27. The maximum absolute atomic E-state index is 12.7. The summed E-state index contributed by atoms with van der Waals surface area (Å²) in [6, 6.07) is 22.3. The number of carbonyl (C=O) groups is 1. The summed E-state index contributed by atoms with van der Waals surface area (Å²) in [6.45, 7) is 0.860. The summed E-state index contributed by atoms with van der Waals surface area (Å²) in [6.07, 6.45) is 0. The molecule has 0 saturated heterocycles. The largest absolute Gasteiger partial charge is 0.497 e. The molecule has 0 radical (unpaired) electrons. The molecule has 0 bridgehead atoms. The number of ether oxygens (including phenoxy) is 3. The number of fused-ring (bicyclic) bond motifs is 1. The van der Waals surface area contributed by atoms with Crippen LogP contribution >= 0.6 is 22.9 Å². The van der Waals surface area contributed by atoms with Crippen molar-refractivity contribution in [3.05, 3.63) is 82.7 Å². The van der Waals surface area contributed by atoms with Gasteiger partial charge in [0.25, 0.3) is 5.91 Å². The standard InChI is InChI=1S/C24H20ClNO4S/c1-28-19-11-12-20-21(15-19)31-23(22(20)25)24(27)26-16-7-9-18(10-8-16)30-14-13-29-17-5-3-2-4-6-17/h2-12,15H,13-14H2,1H3,(H,26,27). The van der Waals surface area contributed by atoms with Crippen molar-refractivity contribution < 1.29 is 19.0 Å². The zero-order chi connectivity index (χ0) is 21.6. The van der Waals surface area contributed by atoms with Crippen LogP contribution in [0.4, 0.5) is 5.69 Å². The molecule has 4 aromatic rings. The molecule has 0 aliphatic rings. The number of para-hydroxylation sites is 1. The van der Waals surface area contributed by atoms with Crippen LogP contribution in [0.5, 0.6) is 17.2 Å². The Morgan fingerprint density at radius 1 is 0.903 bits per heavy atom. The van der Waals surface area contributed by atoms with E-state index in [0.717, 1.165) is 21.6 Å². The fourth-order valence-corrected chi connectivity index (χ4v) is 4.42. The van der Waals surface area contributed by atoms with Crippen LogP contribution < -0.4 is 19.5 Å². The van der Waals surface area contributed by atoms with Crippen molar-refractivity contribution in [3.8, 4) is 17.2 Å². The molecule has 5 nitrogen and oxygen atoms in total. The van der Waals surface area contributed by atoms with Gasteiger partial charge >= 0.3 is 0 Å². The Labute approximate surface area is 189 Å². The number of methoxy groups -OCH3 is 1. The van der Waals surface area contributed by atoms with Crippen LogP contribution in [0, 0.1) is 0 Å². The van der Waals surface area contributed by atoms with E-state index in [9.17, 15) is 4.79 Å². The smallest absolute Gasteiger partial charge is 0.267 e. The molecule has 0 unspecified atom stereocenters. The number of hydrogen-bond donors (Lipinski definition) is 1. The highest BCUT2D eigenvalue weighted by Gasteiger charge is 2.17. The Hall–Kier alpha value is -3.22. The summed E-state index contributed by atoms with van der Waals surface area (Å²) in [5.41, 5.74) is 0.656. The minimum absolute atomic E-state index is 0.255. The lowest BCUT2D eigenvalue weighted by atomic mass is 10.2. The Morgan fingerprint density at radius 3 is 2.23 bits per heavy atom. The summed E-state index contributed by atoms with van der Waals surface area (Å²) in [7, 11) is 1.60. The first-order chi connectivity index (χ1) is 15.1. The van der Waals surface area contributed by atoms with E-state index in [1.807, 2.05) is 48.5 Å². The lowest BCUT2D eigenvalue weighted by Gasteiger charge is -2.09. The Kier molecular flexibility index (Phi) is 6.60. The van der Waals surface area contributed by atoms with Crippen molar-refractivity contribution >= 4 is 44.6 Å². The van der Waals surface area contributed by atoms with Gasteiger partial charge in [-0.15, -0.1) is 11.3 Å². The molecule has 1 heterocycles. The van der Waals surface area contributed by atoms with Crippen LogP contribution in [0.15, 0.2) is 72.8 Å². The summed E-state index contributed by atoms with van der Waals surface area (Å²) in [4.78, 5) is 13.2. The van der Waals surface area contributed by atoms with Gasteiger partial charge in [0.05, 0.1) is 12.1 Å². The Morgan fingerprint density at radius 2 is 1.55 bits per heavy atom. The van der Waals surface area contributed by atoms with E-state index in [-0.39, 0.29) is 5.91 Å². The Balaban J connectivity index is 1.34. The van der Waals surface area contributed by atoms with E-state index < -0.39 is 0 Å². The van der Waals surface area contributed by atoms with Crippen LogP contribution in [0.25, 0.3) is 10.1 Å². The fourth-order valence-electron chi connectivity index (χ4n) is 2.98. The van der Waals surface area contributed by atoms with Crippen LogP contribution in [0.1, 0.15) is 9.67 Å². The number of anilines is 1. The molecule has 0 saturated carbocycles. The molecular formula is C24H20ClNO4S. The first-order valence-electron chi connectivity index (χ1n) is 9.62.